The lowest BCUT2D eigenvalue weighted by Crippen LogP contribution is -2.66. The summed E-state index contributed by atoms with van der Waals surface area (Å²) in [7, 11) is 0. The smallest absolute Gasteiger partial charge is 0.0801 e. The normalized spacial score (nSPS) is 16.2. The van der Waals surface area contributed by atoms with Crippen molar-refractivity contribution in [2.24, 2.45) is 0 Å². The Hall–Kier alpha value is -1.14. The highest BCUT2D eigenvalue weighted by molar-refractivity contribution is 5.74. The zero-order chi connectivity index (χ0) is 15.6. The Morgan fingerprint density at radius 3 is 1.63 bits per heavy atom. The van der Waals surface area contributed by atoms with Gasteiger partial charge in [-0.05, 0) is 41.5 Å². The average molecular weight is 273 g/mol. The van der Waals surface area contributed by atoms with Crippen molar-refractivity contribution < 1.29 is 24.9 Å². The minimum Gasteiger partial charge on any atom is -0.550 e. The number of hydrogen-bond donors (Lipinski definition) is 1. The van der Waals surface area contributed by atoms with E-state index in [0.717, 1.165) is 0 Å². The van der Waals surface area contributed by atoms with Crippen molar-refractivity contribution in [3.8, 4) is 0 Å². The van der Waals surface area contributed by atoms with Crippen molar-refractivity contribution in [1.82, 2.24) is 4.90 Å². The summed E-state index contributed by atoms with van der Waals surface area (Å²) in [4.78, 5) is 23.4. The second-order valence-electron chi connectivity index (χ2n) is 6.62. The highest BCUT2D eigenvalue weighted by Crippen LogP contribution is 2.29. The molecule has 0 saturated heterocycles. The highest BCUT2D eigenvalue weighted by Gasteiger charge is 2.40. The SMILES string of the molecule is CC(C)(C)N(C(C(=O)[O-])C(O)CC(=O)[O-])C(C)(C)C. The molecule has 112 valence electrons. The van der Waals surface area contributed by atoms with Crippen molar-refractivity contribution >= 4 is 11.9 Å². The summed E-state index contributed by atoms with van der Waals surface area (Å²) in [5.41, 5.74) is -1.17. The number of carbonyl (C=O) groups is 2. The maximum Gasteiger partial charge on any atom is 0.0801 e. The third-order valence-corrected chi connectivity index (χ3v) is 2.71. The Morgan fingerprint density at radius 2 is 1.42 bits per heavy atom. The maximum atomic E-state index is 11.3. The van der Waals surface area contributed by atoms with Crippen molar-refractivity contribution in [2.45, 2.75) is 71.2 Å². The van der Waals surface area contributed by atoms with E-state index in [1.54, 1.807) is 46.4 Å². The van der Waals surface area contributed by atoms with Gasteiger partial charge in [-0.25, -0.2) is 0 Å². The van der Waals surface area contributed by atoms with Crippen LogP contribution < -0.4 is 10.2 Å². The summed E-state index contributed by atoms with van der Waals surface area (Å²) >= 11 is 0. The number of carbonyl (C=O) groups excluding carboxylic acids is 2. The molecule has 0 radical (unpaired) electrons. The largest absolute Gasteiger partial charge is 0.550 e. The number of nitrogens with zero attached hydrogens (tertiary/aromatic N) is 1. The van der Waals surface area contributed by atoms with E-state index < -0.39 is 41.6 Å². The van der Waals surface area contributed by atoms with E-state index in [0.29, 0.717) is 0 Å². The van der Waals surface area contributed by atoms with Crippen LogP contribution in [0.2, 0.25) is 0 Å². The minimum atomic E-state index is -1.59. The Kier molecular flexibility index (Phi) is 5.53. The number of rotatable bonds is 5. The molecule has 0 amide bonds. The fourth-order valence-electron chi connectivity index (χ4n) is 2.56. The lowest BCUT2D eigenvalue weighted by molar-refractivity contribution is -0.320. The summed E-state index contributed by atoms with van der Waals surface area (Å²) in [5, 5.41) is 31.8. The van der Waals surface area contributed by atoms with E-state index in [2.05, 4.69) is 0 Å². The lowest BCUT2D eigenvalue weighted by Gasteiger charge is -2.51. The van der Waals surface area contributed by atoms with Crippen LogP contribution in [0.25, 0.3) is 0 Å². The topological polar surface area (TPSA) is 104 Å². The van der Waals surface area contributed by atoms with E-state index in [4.69, 9.17) is 0 Å². The van der Waals surface area contributed by atoms with Gasteiger partial charge in [0.25, 0.3) is 0 Å². The minimum absolute atomic E-state index is 0.587. The van der Waals surface area contributed by atoms with Gasteiger partial charge in [0.2, 0.25) is 0 Å². The van der Waals surface area contributed by atoms with Crippen LogP contribution in [-0.2, 0) is 9.59 Å². The van der Waals surface area contributed by atoms with E-state index in [-0.39, 0.29) is 0 Å². The molecule has 2 atom stereocenters. The molecule has 0 bridgehead atoms. The molecule has 6 nitrogen and oxygen atoms in total. The number of aliphatic hydroxyl groups is 1. The monoisotopic (exact) mass is 273 g/mol. The molecule has 2 unspecified atom stereocenters. The van der Waals surface area contributed by atoms with Crippen LogP contribution in [0.1, 0.15) is 48.0 Å². The Balaban J connectivity index is 5.55. The summed E-state index contributed by atoms with van der Waals surface area (Å²) < 4.78 is 0. The van der Waals surface area contributed by atoms with Gasteiger partial charge in [-0.1, -0.05) is 0 Å². The first-order chi connectivity index (χ1) is 8.28. The van der Waals surface area contributed by atoms with E-state index in [1.165, 1.54) is 0 Å². The van der Waals surface area contributed by atoms with Gasteiger partial charge in [0.05, 0.1) is 18.1 Å². The van der Waals surface area contributed by atoms with Gasteiger partial charge in [0.1, 0.15) is 0 Å². The van der Waals surface area contributed by atoms with Crippen LogP contribution in [0.3, 0.4) is 0 Å². The molecular weight excluding hydrogens is 250 g/mol. The molecule has 0 spiro atoms. The van der Waals surface area contributed by atoms with E-state index >= 15 is 0 Å². The first-order valence-electron chi connectivity index (χ1n) is 6.16. The predicted octanol–water partition coefficient (Wildman–Crippen LogP) is -1.50. The van der Waals surface area contributed by atoms with Crippen LogP contribution in [0.5, 0.6) is 0 Å². The molecule has 0 heterocycles. The quantitative estimate of drug-likeness (QED) is 0.654. The molecule has 0 aromatic rings. The van der Waals surface area contributed by atoms with Gasteiger partial charge < -0.3 is 24.9 Å². The number of hydrogen-bond acceptors (Lipinski definition) is 6. The molecule has 0 aliphatic rings. The molecule has 6 heteroatoms. The van der Waals surface area contributed by atoms with E-state index in [1.807, 2.05) is 0 Å². The standard InChI is InChI=1S/C13H25NO5/c1-12(2,3)14(13(4,5)6)10(11(18)19)8(15)7-9(16)17/h8,10,15H,7H2,1-6H3,(H,16,17)(H,18,19)/p-2. The second-order valence-corrected chi connectivity index (χ2v) is 6.62. The predicted molar refractivity (Wildman–Crippen MR) is 65.8 cm³/mol. The molecular formula is C13H23NO5-2. The second kappa shape index (κ2) is 5.88. The molecule has 19 heavy (non-hydrogen) atoms. The zero-order valence-corrected chi connectivity index (χ0v) is 12.4. The van der Waals surface area contributed by atoms with Crippen molar-refractivity contribution in [3.63, 3.8) is 0 Å². The van der Waals surface area contributed by atoms with Gasteiger partial charge in [-0.2, -0.15) is 0 Å². The molecule has 0 aromatic carbocycles. The fraction of sp³-hybridized carbons (Fsp3) is 0.846. The van der Waals surface area contributed by atoms with Gasteiger partial charge in [-0.15, -0.1) is 0 Å². The first kappa shape index (κ1) is 17.9. The third kappa shape index (κ3) is 5.16. The molecule has 1 N–H and O–H groups in total. The Bertz CT molecular complexity index is 326. The summed E-state index contributed by atoms with van der Waals surface area (Å²) in [6, 6.07) is -1.42. The average Bonchev–Trinajstić information content (AvgIpc) is 2.07. The van der Waals surface area contributed by atoms with Crippen LogP contribution in [-0.4, -0.2) is 45.2 Å². The summed E-state index contributed by atoms with van der Waals surface area (Å²) in [5.74, 6) is -3.00. The first-order valence-corrected chi connectivity index (χ1v) is 6.16. The lowest BCUT2D eigenvalue weighted by atomic mass is 9.90. The number of aliphatic hydroxyl groups excluding tert-OH is 1. The molecule has 0 aromatic heterocycles. The number of carboxylic acid groups (broad SMARTS) is 2. The Labute approximate surface area is 114 Å². The molecule has 0 aliphatic heterocycles. The fourth-order valence-corrected chi connectivity index (χ4v) is 2.56. The summed E-state index contributed by atoms with van der Waals surface area (Å²) in [6.45, 7) is 10.7. The van der Waals surface area contributed by atoms with Crippen molar-refractivity contribution in [1.29, 1.82) is 0 Å². The molecule has 0 fully saturated rings. The van der Waals surface area contributed by atoms with Crippen LogP contribution in [0.15, 0.2) is 0 Å². The van der Waals surface area contributed by atoms with Gasteiger partial charge in [-0.3, -0.25) is 4.90 Å². The maximum absolute atomic E-state index is 11.3. The van der Waals surface area contributed by atoms with Crippen LogP contribution in [0, 0.1) is 0 Å². The van der Waals surface area contributed by atoms with Crippen LogP contribution in [0.4, 0.5) is 0 Å². The van der Waals surface area contributed by atoms with Gasteiger partial charge >= 0.3 is 0 Å². The Morgan fingerprint density at radius 1 is 1.05 bits per heavy atom. The highest BCUT2D eigenvalue weighted by atomic mass is 16.4. The third-order valence-electron chi connectivity index (χ3n) is 2.71. The van der Waals surface area contributed by atoms with Crippen LogP contribution >= 0.6 is 0 Å². The van der Waals surface area contributed by atoms with Crippen molar-refractivity contribution in [2.75, 3.05) is 0 Å². The van der Waals surface area contributed by atoms with Gasteiger partial charge in [0, 0.05) is 23.5 Å². The molecule has 0 saturated carbocycles. The van der Waals surface area contributed by atoms with E-state index in [9.17, 15) is 24.9 Å². The molecule has 0 aliphatic carbocycles. The van der Waals surface area contributed by atoms with Gasteiger partial charge in [0.15, 0.2) is 0 Å². The summed E-state index contributed by atoms with van der Waals surface area (Å²) in [6.07, 6.45) is -2.34. The number of aliphatic carboxylic acids is 2. The zero-order valence-electron chi connectivity index (χ0n) is 12.4. The number of carboxylic acids is 2. The van der Waals surface area contributed by atoms with Crippen molar-refractivity contribution in [3.05, 3.63) is 0 Å². The molecule has 0 rings (SSSR count).